The average Bonchev–Trinajstić information content (AvgIpc) is 2.48. The van der Waals surface area contributed by atoms with Crippen LogP contribution in [0.1, 0.15) is 17.7 Å². The van der Waals surface area contributed by atoms with E-state index in [1.807, 2.05) is 6.07 Å². The Morgan fingerprint density at radius 2 is 2.27 bits per heavy atom. The zero-order valence-corrected chi connectivity index (χ0v) is 10.4. The number of hydrogen-bond donors (Lipinski definition) is 1. The minimum Gasteiger partial charge on any atom is -0.393 e. The van der Waals surface area contributed by atoms with E-state index in [4.69, 9.17) is 11.6 Å². The fourth-order valence-electron chi connectivity index (χ4n) is 2.06. The number of nitrogens with zero attached hydrogens (tertiary/aromatic N) is 1. The van der Waals surface area contributed by atoms with Crippen molar-refractivity contribution < 1.29 is 5.11 Å². The maximum Gasteiger partial charge on any atom is 0.0931 e. The zero-order valence-electron chi connectivity index (χ0n) is 8.82. The lowest BCUT2D eigenvalue weighted by Crippen LogP contribution is -2.36. The van der Waals surface area contributed by atoms with E-state index < -0.39 is 0 Å². The van der Waals surface area contributed by atoms with Gasteiger partial charge in [0.15, 0.2) is 0 Å². The summed E-state index contributed by atoms with van der Waals surface area (Å²) in [5.41, 5.74) is 0. The van der Waals surface area contributed by atoms with Crippen LogP contribution < -0.4 is 0 Å². The first kappa shape index (κ1) is 11.4. The normalized spacial score (nSPS) is 25.6. The molecule has 0 saturated heterocycles. The third-order valence-corrected chi connectivity index (χ3v) is 4.05. The zero-order chi connectivity index (χ0) is 10.8. The smallest absolute Gasteiger partial charge is 0.0931 e. The highest BCUT2D eigenvalue weighted by Crippen LogP contribution is 2.28. The van der Waals surface area contributed by atoms with Gasteiger partial charge in [0.05, 0.1) is 10.4 Å². The van der Waals surface area contributed by atoms with Gasteiger partial charge in [0.2, 0.25) is 0 Å². The van der Waals surface area contributed by atoms with Gasteiger partial charge in [-0.25, -0.2) is 0 Å². The Morgan fingerprint density at radius 1 is 1.53 bits per heavy atom. The second kappa shape index (κ2) is 4.83. The van der Waals surface area contributed by atoms with Crippen LogP contribution in [0.4, 0.5) is 0 Å². The van der Waals surface area contributed by atoms with Crippen LogP contribution in [0.15, 0.2) is 12.1 Å². The fraction of sp³-hybridized carbons (Fsp3) is 0.636. The van der Waals surface area contributed by atoms with Crippen LogP contribution in [-0.2, 0) is 6.54 Å². The van der Waals surface area contributed by atoms with Crippen molar-refractivity contribution in [2.24, 2.45) is 5.92 Å². The maximum atomic E-state index is 9.19. The highest BCUT2D eigenvalue weighted by molar-refractivity contribution is 7.16. The molecule has 15 heavy (non-hydrogen) atoms. The molecule has 1 N–H and O–H groups in total. The molecule has 0 aliphatic heterocycles. The van der Waals surface area contributed by atoms with Crippen LogP contribution in [0, 0.1) is 5.92 Å². The molecule has 1 aromatic rings. The van der Waals surface area contributed by atoms with Crippen LogP contribution in [-0.4, -0.2) is 29.7 Å². The molecule has 1 heterocycles. The SMILES string of the molecule is CN(Cc1ccc(Cl)s1)CC1CC(O)C1. The lowest BCUT2D eigenvalue weighted by Gasteiger charge is -2.34. The summed E-state index contributed by atoms with van der Waals surface area (Å²) in [7, 11) is 2.12. The highest BCUT2D eigenvalue weighted by atomic mass is 35.5. The predicted octanol–water partition coefficient (Wildman–Crippen LogP) is 2.60. The number of thiophene rings is 1. The van der Waals surface area contributed by atoms with Gasteiger partial charge >= 0.3 is 0 Å². The number of halogens is 1. The average molecular weight is 246 g/mol. The Morgan fingerprint density at radius 3 is 2.80 bits per heavy atom. The molecule has 1 aliphatic carbocycles. The molecule has 1 fully saturated rings. The van der Waals surface area contributed by atoms with Crippen molar-refractivity contribution in [1.82, 2.24) is 4.90 Å². The van der Waals surface area contributed by atoms with Crippen molar-refractivity contribution in [3.8, 4) is 0 Å². The molecule has 2 rings (SSSR count). The summed E-state index contributed by atoms with van der Waals surface area (Å²) < 4.78 is 0.859. The van der Waals surface area contributed by atoms with E-state index in [0.29, 0.717) is 5.92 Å². The number of aliphatic hydroxyl groups excluding tert-OH is 1. The summed E-state index contributed by atoms with van der Waals surface area (Å²) >= 11 is 7.52. The minimum atomic E-state index is -0.0421. The monoisotopic (exact) mass is 245 g/mol. The summed E-state index contributed by atoms with van der Waals surface area (Å²) in [6.45, 7) is 2.04. The van der Waals surface area contributed by atoms with Gasteiger partial charge < -0.3 is 10.0 Å². The van der Waals surface area contributed by atoms with Crippen molar-refractivity contribution in [1.29, 1.82) is 0 Å². The van der Waals surface area contributed by atoms with Gasteiger partial charge in [-0.15, -0.1) is 11.3 Å². The molecule has 0 spiro atoms. The lowest BCUT2D eigenvalue weighted by atomic mass is 9.82. The molecular formula is C11H16ClNOS. The number of aliphatic hydroxyl groups is 1. The van der Waals surface area contributed by atoms with Gasteiger partial charge in [0.25, 0.3) is 0 Å². The topological polar surface area (TPSA) is 23.5 Å². The van der Waals surface area contributed by atoms with E-state index in [0.717, 1.165) is 30.3 Å². The van der Waals surface area contributed by atoms with Gasteiger partial charge in [-0.05, 0) is 37.9 Å². The largest absolute Gasteiger partial charge is 0.393 e. The first-order valence-corrected chi connectivity index (χ1v) is 6.44. The first-order chi connectivity index (χ1) is 7.13. The maximum absolute atomic E-state index is 9.19. The van der Waals surface area contributed by atoms with Crippen molar-refractivity contribution in [3.05, 3.63) is 21.3 Å². The van der Waals surface area contributed by atoms with E-state index in [9.17, 15) is 5.11 Å². The van der Waals surface area contributed by atoms with Gasteiger partial charge in [-0.2, -0.15) is 0 Å². The van der Waals surface area contributed by atoms with Crippen LogP contribution in [0.5, 0.6) is 0 Å². The fourth-order valence-corrected chi connectivity index (χ4v) is 3.23. The molecular weight excluding hydrogens is 230 g/mol. The van der Waals surface area contributed by atoms with E-state index in [-0.39, 0.29) is 6.10 Å². The van der Waals surface area contributed by atoms with E-state index >= 15 is 0 Å². The molecule has 2 nitrogen and oxygen atoms in total. The molecule has 1 aromatic heterocycles. The van der Waals surface area contributed by atoms with E-state index in [1.54, 1.807) is 11.3 Å². The van der Waals surface area contributed by atoms with Crippen molar-refractivity contribution in [2.75, 3.05) is 13.6 Å². The van der Waals surface area contributed by atoms with Gasteiger partial charge in [0, 0.05) is 18.0 Å². The molecule has 0 unspecified atom stereocenters. The van der Waals surface area contributed by atoms with Crippen molar-refractivity contribution >= 4 is 22.9 Å². The van der Waals surface area contributed by atoms with Crippen LogP contribution in [0.3, 0.4) is 0 Å². The molecule has 4 heteroatoms. The molecule has 0 amide bonds. The Labute approximate surface area is 99.5 Å². The molecule has 0 atom stereocenters. The van der Waals surface area contributed by atoms with Gasteiger partial charge in [0.1, 0.15) is 0 Å². The second-order valence-electron chi connectivity index (χ2n) is 4.39. The van der Waals surface area contributed by atoms with Crippen LogP contribution in [0.25, 0.3) is 0 Å². The van der Waals surface area contributed by atoms with Crippen LogP contribution in [0.2, 0.25) is 4.34 Å². The number of rotatable bonds is 4. The molecule has 0 bridgehead atoms. The summed E-state index contributed by atoms with van der Waals surface area (Å²) in [6.07, 6.45) is 1.89. The van der Waals surface area contributed by atoms with E-state index in [2.05, 4.69) is 18.0 Å². The van der Waals surface area contributed by atoms with Crippen molar-refractivity contribution in [2.45, 2.75) is 25.5 Å². The third kappa shape index (κ3) is 3.18. The lowest BCUT2D eigenvalue weighted by molar-refractivity contribution is 0.0275. The minimum absolute atomic E-state index is 0.0421. The summed E-state index contributed by atoms with van der Waals surface area (Å²) in [4.78, 5) is 3.61. The van der Waals surface area contributed by atoms with E-state index in [1.165, 1.54) is 4.88 Å². The summed E-state index contributed by atoms with van der Waals surface area (Å²) in [5.74, 6) is 0.681. The Bertz CT molecular complexity index is 322. The molecule has 1 saturated carbocycles. The molecule has 84 valence electrons. The first-order valence-electron chi connectivity index (χ1n) is 5.24. The molecule has 0 aromatic carbocycles. The Hall–Kier alpha value is -0.0900. The Balaban J connectivity index is 1.75. The third-order valence-electron chi connectivity index (χ3n) is 2.84. The standard InChI is InChI=1S/C11H16ClNOS/c1-13(6-8-4-9(14)5-8)7-10-2-3-11(12)15-10/h2-3,8-9,14H,4-7H2,1H3. The van der Waals surface area contributed by atoms with Gasteiger partial charge in [-0.3, -0.25) is 0 Å². The number of hydrogen-bond acceptors (Lipinski definition) is 3. The molecule has 0 radical (unpaired) electrons. The van der Waals surface area contributed by atoms with Crippen molar-refractivity contribution in [3.63, 3.8) is 0 Å². The quantitative estimate of drug-likeness (QED) is 0.882. The highest BCUT2D eigenvalue weighted by Gasteiger charge is 2.27. The summed E-state index contributed by atoms with van der Waals surface area (Å²) in [6, 6.07) is 4.03. The second-order valence-corrected chi connectivity index (χ2v) is 6.19. The predicted molar refractivity (Wildman–Crippen MR) is 64.4 cm³/mol. The van der Waals surface area contributed by atoms with Gasteiger partial charge in [-0.1, -0.05) is 11.6 Å². The van der Waals surface area contributed by atoms with Crippen LogP contribution >= 0.6 is 22.9 Å². The Kier molecular flexibility index (Phi) is 3.67. The molecule has 1 aliphatic rings. The summed E-state index contributed by atoms with van der Waals surface area (Å²) in [5, 5.41) is 9.19.